The Morgan fingerprint density at radius 1 is 1.20 bits per heavy atom. The van der Waals surface area contributed by atoms with E-state index in [4.69, 9.17) is 0 Å². The smallest absolute Gasteiger partial charge is 1.00 e. The molecule has 1 aliphatic carbocycles. The number of hydrogen-bond acceptors (Lipinski definition) is 0. The zero-order valence-corrected chi connectivity index (χ0v) is 10.9. The summed E-state index contributed by atoms with van der Waals surface area (Å²) in [7, 11) is 0. The Balaban J connectivity index is 0. The van der Waals surface area contributed by atoms with Crippen LogP contribution in [0.2, 0.25) is 0 Å². The predicted molar refractivity (Wildman–Crippen MR) is 63.3 cm³/mol. The van der Waals surface area contributed by atoms with E-state index >= 15 is 0 Å². The number of hydrogen-bond donors (Lipinski definition) is 0. The SMILES string of the molecule is [C-]1=CC=CC1.[H-].[H-].[Zr+4].c1ccc2[cH-]ccc2c1. The van der Waals surface area contributed by atoms with Crippen molar-refractivity contribution in [2.45, 2.75) is 6.42 Å². The van der Waals surface area contributed by atoms with E-state index in [9.17, 15) is 0 Å². The van der Waals surface area contributed by atoms with Gasteiger partial charge in [-0.3, -0.25) is 6.08 Å². The van der Waals surface area contributed by atoms with Crippen molar-refractivity contribution >= 4 is 10.8 Å². The maximum atomic E-state index is 2.99. The Bertz CT molecular complexity index is 418. The summed E-state index contributed by atoms with van der Waals surface area (Å²) in [4.78, 5) is 0. The third kappa shape index (κ3) is 3.68. The summed E-state index contributed by atoms with van der Waals surface area (Å²) in [5, 5.41) is 2.66. The quantitative estimate of drug-likeness (QED) is 0.634. The molecule has 0 saturated carbocycles. The molecule has 0 N–H and O–H groups in total. The van der Waals surface area contributed by atoms with Gasteiger partial charge in [-0.1, -0.05) is 6.07 Å². The first kappa shape index (κ1) is 12.3. The Labute approximate surface area is 113 Å². The fraction of sp³-hybridized carbons (Fsp3) is 0.0714. The minimum absolute atomic E-state index is 0. The second kappa shape index (κ2) is 6.64. The third-order valence-corrected chi connectivity index (χ3v) is 2.13. The zero-order chi connectivity index (χ0) is 9.64. The molecule has 1 heteroatoms. The van der Waals surface area contributed by atoms with Crippen molar-refractivity contribution in [2.24, 2.45) is 0 Å². The molecule has 0 bridgehead atoms. The molecule has 2 aromatic rings. The van der Waals surface area contributed by atoms with E-state index in [1.807, 2.05) is 12.2 Å². The van der Waals surface area contributed by atoms with Crippen LogP contribution < -0.4 is 0 Å². The van der Waals surface area contributed by atoms with Gasteiger partial charge in [-0.15, -0.1) is 36.1 Å². The van der Waals surface area contributed by atoms with Crippen molar-refractivity contribution in [1.29, 1.82) is 0 Å². The van der Waals surface area contributed by atoms with Crippen molar-refractivity contribution < 1.29 is 29.1 Å². The first-order valence-corrected chi connectivity index (χ1v) is 4.79. The van der Waals surface area contributed by atoms with Crippen LogP contribution in [0.4, 0.5) is 0 Å². The second-order valence-corrected chi connectivity index (χ2v) is 3.16. The number of fused-ring (bicyclic) bond motifs is 1. The Morgan fingerprint density at radius 3 is 2.67 bits per heavy atom. The molecule has 0 atom stereocenters. The van der Waals surface area contributed by atoms with Gasteiger partial charge in [0.2, 0.25) is 0 Å². The number of benzene rings is 1. The molecule has 74 valence electrons. The minimum Gasteiger partial charge on any atom is -1.00 e. The van der Waals surface area contributed by atoms with Crippen LogP contribution in [0.15, 0.2) is 60.7 Å². The monoisotopic (exact) mass is 272 g/mol. The van der Waals surface area contributed by atoms with Crippen molar-refractivity contribution in [3.63, 3.8) is 0 Å². The van der Waals surface area contributed by atoms with Gasteiger partial charge >= 0.3 is 26.2 Å². The first-order valence-electron chi connectivity index (χ1n) is 4.79. The molecule has 0 nitrogen and oxygen atoms in total. The Hall–Kier alpha value is -0.807. The van der Waals surface area contributed by atoms with E-state index < -0.39 is 0 Å². The van der Waals surface area contributed by atoms with Gasteiger partial charge in [-0.05, 0) is 0 Å². The molecule has 1 aliphatic rings. The largest absolute Gasteiger partial charge is 4.00 e. The molecule has 0 radical (unpaired) electrons. The van der Waals surface area contributed by atoms with Crippen LogP contribution >= 0.6 is 0 Å². The predicted octanol–water partition coefficient (Wildman–Crippen LogP) is 4.09. The number of allylic oxidation sites excluding steroid dienone is 4. The molecule has 0 fully saturated rings. The molecule has 0 spiro atoms. The molecule has 0 aromatic heterocycles. The van der Waals surface area contributed by atoms with Gasteiger partial charge in [-0.2, -0.15) is 23.6 Å². The first-order chi connectivity index (χ1) is 6.97. The zero-order valence-electron chi connectivity index (χ0n) is 10.5. The van der Waals surface area contributed by atoms with E-state index in [0.29, 0.717) is 0 Å². The van der Waals surface area contributed by atoms with Gasteiger partial charge in [0, 0.05) is 0 Å². The Kier molecular flexibility index (Phi) is 5.42. The van der Waals surface area contributed by atoms with Crippen molar-refractivity contribution in [3.8, 4) is 0 Å². The summed E-state index contributed by atoms with van der Waals surface area (Å²) in [6.07, 6.45) is 10.0. The maximum absolute atomic E-state index is 2.99. The summed E-state index contributed by atoms with van der Waals surface area (Å²) in [6, 6.07) is 14.7. The average Bonchev–Trinajstić information content (AvgIpc) is 2.92. The summed E-state index contributed by atoms with van der Waals surface area (Å²) >= 11 is 0. The third-order valence-electron chi connectivity index (χ3n) is 2.13. The van der Waals surface area contributed by atoms with Gasteiger partial charge in [0.25, 0.3) is 0 Å². The van der Waals surface area contributed by atoms with E-state index in [1.54, 1.807) is 0 Å². The second-order valence-electron chi connectivity index (χ2n) is 3.16. The summed E-state index contributed by atoms with van der Waals surface area (Å²) < 4.78 is 0. The molecular weight excluding hydrogens is 259 g/mol. The van der Waals surface area contributed by atoms with E-state index in [1.165, 1.54) is 10.8 Å². The maximum Gasteiger partial charge on any atom is 4.00 e. The van der Waals surface area contributed by atoms with Gasteiger partial charge in [0.15, 0.2) is 0 Å². The molecule has 0 heterocycles. The van der Waals surface area contributed by atoms with Gasteiger partial charge in [-0.25, -0.2) is 12.2 Å². The topological polar surface area (TPSA) is 0 Å². The normalized spacial score (nSPS) is 12.0. The molecule has 0 amide bonds. The van der Waals surface area contributed by atoms with Crippen LogP contribution in [0.25, 0.3) is 10.8 Å². The summed E-state index contributed by atoms with van der Waals surface area (Å²) in [5.74, 6) is 0. The van der Waals surface area contributed by atoms with Crippen LogP contribution in [0.5, 0.6) is 0 Å². The Morgan fingerprint density at radius 2 is 2.07 bits per heavy atom. The number of rotatable bonds is 0. The fourth-order valence-corrected chi connectivity index (χ4v) is 1.41. The molecule has 15 heavy (non-hydrogen) atoms. The van der Waals surface area contributed by atoms with Crippen molar-refractivity contribution in [2.75, 3.05) is 0 Å². The van der Waals surface area contributed by atoms with Gasteiger partial charge < -0.3 is 2.85 Å². The van der Waals surface area contributed by atoms with Crippen LogP contribution in [0, 0.1) is 6.08 Å². The minimum atomic E-state index is 0. The van der Waals surface area contributed by atoms with Crippen LogP contribution in [-0.2, 0) is 26.2 Å². The van der Waals surface area contributed by atoms with Crippen LogP contribution in [0.1, 0.15) is 9.27 Å². The van der Waals surface area contributed by atoms with Crippen LogP contribution in [0.3, 0.4) is 0 Å². The fourth-order valence-electron chi connectivity index (χ4n) is 1.41. The molecule has 2 aromatic carbocycles. The average molecular weight is 273 g/mol. The van der Waals surface area contributed by atoms with Crippen LogP contribution in [-0.4, -0.2) is 0 Å². The molecule has 3 rings (SSSR count). The standard InChI is InChI=1S/C9H7.C5H5.Zr.2H/c1-2-5-9-7-3-6-8(9)4-1;1-2-4-5-3-1;;;/h1-7H;1-3H,4H2;;;/q2*-1;+4;2*-1. The summed E-state index contributed by atoms with van der Waals surface area (Å²) in [5.41, 5.74) is 0. The van der Waals surface area contributed by atoms with Gasteiger partial charge in [0.05, 0.1) is 0 Å². The van der Waals surface area contributed by atoms with E-state index in [2.05, 4.69) is 54.6 Å². The molecular formula is C14H14Zr. The van der Waals surface area contributed by atoms with E-state index in [-0.39, 0.29) is 29.1 Å². The molecule has 0 aliphatic heterocycles. The molecule has 0 saturated heterocycles. The molecule has 0 unspecified atom stereocenters. The van der Waals surface area contributed by atoms with Crippen molar-refractivity contribution in [1.82, 2.24) is 0 Å². The summed E-state index contributed by atoms with van der Waals surface area (Å²) in [6.45, 7) is 0. The van der Waals surface area contributed by atoms with E-state index in [0.717, 1.165) is 6.42 Å². The van der Waals surface area contributed by atoms with Gasteiger partial charge in [0.1, 0.15) is 0 Å². The van der Waals surface area contributed by atoms with Crippen molar-refractivity contribution in [3.05, 3.63) is 66.8 Å².